The largest absolute Gasteiger partial charge is 0.342 e. The zero-order chi connectivity index (χ0) is 18.4. The average Bonchev–Trinajstić information content (AvgIpc) is 2.63. The number of thioether (sulfide) groups is 1. The van der Waals surface area contributed by atoms with Crippen LogP contribution in [-0.2, 0) is 4.79 Å². The van der Waals surface area contributed by atoms with E-state index in [0.717, 1.165) is 42.2 Å². The number of likely N-dealkylation sites (N-methyl/N-ethyl adjacent to an activating group) is 1. The minimum Gasteiger partial charge on any atom is -0.342 e. The fourth-order valence-electron chi connectivity index (χ4n) is 3.11. The summed E-state index contributed by atoms with van der Waals surface area (Å²) in [4.78, 5) is 32.1. The highest BCUT2D eigenvalue weighted by Crippen LogP contribution is 2.21. The number of nitrogens with zero attached hydrogens (tertiary/aromatic N) is 3. The molecule has 1 fully saturated rings. The van der Waals surface area contributed by atoms with E-state index in [9.17, 15) is 9.59 Å². The van der Waals surface area contributed by atoms with Gasteiger partial charge in [-0.05, 0) is 44.7 Å². The topological polar surface area (TPSA) is 43.9 Å². The summed E-state index contributed by atoms with van der Waals surface area (Å²) in [6.45, 7) is 10.8. The molecule has 1 saturated heterocycles. The Hall–Kier alpha value is -1.53. The molecule has 0 aliphatic carbocycles. The van der Waals surface area contributed by atoms with Gasteiger partial charge < -0.3 is 9.80 Å². The number of rotatable bonds is 6. The molecule has 2 amide bonds. The van der Waals surface area contributed by atoms with E-state index in [-0.39, 0.29) is 11.8 Å². The Kier molecular flexibility index (Phi) is 7.32. The third-order valence-electron chi connectivity index (χ3n) is 4.81. The fraction of sp³-hybridized carbons (Fsp3) is 0.579. The van der Waals surface area contributed by atoms with E-state index < -0.39 is 0 Å². The Balaban J connectivity index is 1.93. The van der Waals surface area contributed by atoms with Gasteiger partial charge in [-0.25, -0.2) is 0 Å². The fourth-order valence-corrected chi connectivity index (χ4v) is 3.55. The van der Waals surface area contributed by atoms with Gasteiger partial charge in [-0.2, -0.15) is 0 Å². The smallest absolute Gasteiger partial charge is 0.254 e. The van der Waals surface area contributed by atoms with Crippen molar-refractivity contribution >= 4 is 23.6 Å². The number of carbonyl (C=O) groups is 2. The summed E-state index contributed by atoms with van der Waals surface area (Å²) in [6.07, 6.45) is 2.02. The van der Waals surface area contributed by atoms with Gasteiger partial charge in [0.1, 0.15) is 0 Å². The van der Waals surface area contributed by atoms with E-state index in [1.54, 1.807) is 11.8 Å². The Morgan fingerprint density at radius 2 is 1.76 bits per heavy atom. The Morgan fingerprint density at radius 3 is 2.32 bits per heavy atom. The molecule has 0 saturated carbocycles. The molecule has 6 heteroatoms. The van der Waals surface area contributed by atoms with E-state index in [2.05, 4.69) is 4.90 Å². The molecule has 0 unspecified atom stereocenters. The van der Waals surface area contributed by atoms with Crippen molar-refractivity contribution < 1.29 is 9.59 Å². The molecule has 1 aliphatic rings. The zero-order valence-corrected chi connectivity index (χ0v) is 16.6. The lowest BCUT2D eigenvalue weighted by Gasteiger charge is -2.35. The van der Waals surface area contributed by atoms with Crippen LogP contribution < -0.4 is 0 Å². The number of benzene rings is 1. The van der Waals surface area contributed by atoms with Crippen LogP contribution >= 0.6 is 11.8 Å². The van der Waals surface area contributed by atoms with Crippen molar-refractivity contribution in [2.45, 2.75) is 25.7 Å². The summed E-state index contributed by atoms with van der Waals surface area (Å²) in [5.41, 5.74) is 1.81. The molecule has 1 aliphatic heterocycles. The van der Waals surface area contributed by atoms with Crippen LogP contribution in [0.15, 0.2) is 23.1 Å². The van der Waals surface area contributed by atoms with Crippen LogP contribution in [0.1, 0.15) is 29.8 Å². The molecule has 0 atom stereocenters. The molecule has 0 spiro atoms. The number of amides is 2. The van der Waals surface area contributed by atoms with Crippen LogP contribution in [0.3, 0.4) is 0 Å². The first-order valence-electron chi connectivity index (χ1n) is 8.94. The van der Waals surface area contributed by atoms with Gasteiger partial charge in [0.25, 0.3) is 5.91 Å². The van der Waals surface area contributed by atoms with E-state index in [4.69, 9.17) is 0 Å². The molecule has 2 rings (SSSR count). The van der Waals surface area contributed by atoms with Crippen molar-refractivity contribution in [3.05, 3.63) is 29.3 Å². The number of piperazine rings is 1. The zero-order valence-electron chi connectivity index (χ0n) is 15.7. The molecule has 0 N–H and O–H groups in total. The maximum absolute atomic E-state index is 12.8. The predicted octanol–water partition coefficient (Wildman–Crippen LogP) is 2.34. The van der Waals surface area contributed by atoms with Crippen molar-refractivity contribution in [3.63, 3.8) is 0 Å². The summed E-state index contributed by atoms with van der Waals surface area (Å²) < 4.78 is 0. The first-order chi connectivity index (χ1) is 12.0. The van der Waals surface area contributed by atoms with Gasteiger partial charge in [0.15, 0.2) is 0 Å². The highest BCUT2D eigenvalue weighted by atomic mass is 32.2. The maximum Gasteiger partial charge on any atom is 0.254 e. The average molecular weight is 364 g/mol. The van der Waals surface area contributed by atoms with Crippen LogP contribution in [0.2, 0.25) is 0 Å². The van der Waals surface area contributed by atoms with Crippen LogP contribution in [0.4, 0.5) is 0 Å². The minimum absolute atomic E-state index is 0.100. The van der Waals surface area contributed by atoms with Crippen molar-refractivity contribution in [2.24, 2.45) is 0 Å². The second-order valence-electron chi connectivity index (χ2n) is 6.32. The first-order valence-corrected chi connectivity index (χ1v) is 10.2. The summed E-state index contributed by atoms with van der Waals surface area (Å²) in [5, 5.41) is 0. The normalized spacial score (nSPS) is 15.3. The third kappa shape index (κ3) is 4.98. The Bertz CT molecular complexity index is 609. The van der Waals surface area contributed by atoms with Gasteiger partial charge in [0.2, 0.25) is 5.91 Å². The van der Waals surface area contributed by atoms with Crippen LogP contribution in [0.25, 0.3) is 0 Å². The SMILES string of the molecule is CCN(CC)C(=O)CN1CCN(C(=O)c2cc(SC)ccc2C)CC1. The van der Waals surface area contributed by atoms with Crippen molar-refractivity contribution in [3.8, 4) is 0 Å². The van der Waals surface area contributed by atoms with Gasteiger partial charge in [-0.15, -0.1) is 11.8 Å². The van der Waals surface area contributed by atoms with Crippen LogP contribution in [-0.4, -0.2) is 78.6 Å². The molecule has 0 bridgehead atoms. The second-order valence-corrected chi connectivity index (χ2v) is 7.19. The van der Waals surface area contributed by atoms with Gasteiger partial charge in [0.05, 0.1) is 6.54 Å². The highest BCUT2D eigenvalue weighted by Gasteiger charge is 2.25. The monoisotopic (exact) mass is 363 g/mol. The summed E-state index contributed by atoms with van der Waals surface area (Å²) in [5.74, 6) is 0.274. The molecule has 25 heavy (non-hydrogen) atoms. The number of aryl methyl sites for hydroxylation is 1. The third-order valence-corrected chi connectivity index (χ3v) is 5.54. The lowest BCUT2D eigenvalue weighted by molar-refractivity contribution is -0.132. The minimum atomic E-state index is 0.100. The molecule has 0 radical (unpaired) electrons. The van der Waals surface area contributed by atoms with Crippen molar-refractivity contribution in [1.29, 1.82) is 0 Å². The molecule has 5 nitrogen and oxygen atoms in total. The van der Waals surface area contributed by atoms with Crippen LogP contribution in [0, 0.1) is 6.92 Å². The number of hydrogen-bond donors (Lipinski definition) is 0. The van der Waals surface area contributed by atoms with Crippen LogP contribution in [0.5, 0.6) is 0 Å². The Labute approximate surface area is 155 Å². The maximum atomic E-state index is 12.8. The van der Waals surface area contributed by atoms with E-state index in [0.29, 0.717) is 19.6 Å². The van der Waals surface area contributed by atoms with Crippen molar-refractivity contribution in [1.82, 2.24) is 14.7 Å². The second kappa shape index (κ2) is 9.25. The molecule has 1 heterocycles. The van der Waals surface area contributed by atoms with Gasteiger partial charge in [0, 0.05) is 49.7 Å². The van der Waals surface area contributed by atoms with E-state index >= 15 is 0 Å². The number of hydrogen-bond acceptors (Lipinski definition) is 4. The Morgan fingerprint density at radius 1 is 1.12 bits per heavy atom. The van der Waals surface area contributed by atoms with Gasteiger partial charge in [-0.1, -0.05) is 6.07 Å². The molecule has 1 aromatic carbocycles. The molecule has 138 valence electrons. The van der Waals surface area contributed by atoms with Crippen molar-refractivity contribution in [2.75, 3.05) is 52.1 Å². The summed E-state index contributed by atoms with van der Waals surface area (Å²) >= 11 is 1.65. The van der Waals surface area contributed by atoms with Gasteiger partial charge in [-0.3, -0.25) is 14.5 Å². The summed E-state index contributed by atoms with van der Waals surface area (Å²) in [6, 6.07) is 6.05. The molecular formula is C19H29N3O2S. The molecule has 0 aromatic heterocycles. The van der Waals surface area contributed by atoms with E-state index in [1.165, 1.54) is 0 Å². The highest BCUT2D eigenvalue weighted by molar-refractivity contribution is 7.98. The standard InChI is InChI=1S/C19H29N3O2S/c1-5-21(6-2)18(23)14-20-9-11-22(12-10-20)19(24)17-13-16(25-4)8-7-15(17)3/h7-8,13H,5-6,9-12,14H2,1-4H3. The van der Waals surface area contributed by atoms with Gasteiger partial charge >= 0.3 is 0 Å². The predicted molar refractivity (Wildman–Crippen MR) is 103 cm³/mol. The summed E-state index contributed by atoms with van der Waals surface area (Å²) in [7, 11) is 0. The van der Waals surface area contributed by atoms with E-state index in [1.807, 2.05) is 55.0 Å². The molecular weight excluding hydrogens is 334 g/mol. The lowest BCUT2D eigenvalue weighted by atomic mass is 10.1. The molecule has 1 aromatic rings. The quantitative estimate of drug-likeness (QED) is 0.728. The lowest BCUT2D eigenvalue weighted by Crippen LogP contribution is -2.51. The first kappa shape index (κ1) is 19.8. The number of carbonyl (C=O) groups excluding carboxylic acids is 2.